The predicted molar refractivity (Wildman–Crippen MR) is 112 cm³/mol. The summed E-state index contributed by atoms with van der Waals surface area (Å²) < 4.78 is 26.6. The van der Waals surface area contributed by atoms with Crippen molar-refractivity contribution in [3.63, 3.8) is 0 Å². The molecule has 3 rings (SSSR count). The van der Waals surface area contributed by atoms with Crippen LogP contribution in [0.25, 0.3) is 0 Å². The molecule has 158 valence electrons. The quantitative estimate of drug-likeness (QED) is 0.547. The van der Waals surface area contributed by atoms with E-state index in [-0.39, 0.29) is 30.7 Å². The number of alkyl halides is 2. The lowest BCUT2D eigenvalue weighted by molar-refractivity contribution is -0.122. The van der Waals surface area contributed by atoms with Gasteiger partial charge in [-0.05, 0) is 24.6 Å². The van der Waals surface area contributed by atoms with Crippen molar-refractivity contribution in [3.8, 4) is 0 Å². The van der Waals surface area contributed by atoms with E-state index in [1.807, 2.05) is 36.4 Å². The van der Waals surface area contributed by atoms with Gasteiger partial charge in [0.15, 0.2) is 0 Å². The van der Waals surface area contributed by atoms with Gasteiger partial charge in [-0.3, -0.25) is 14.3 Å². The molecule has 0 unspecified atom stereocenters. The number of nitrogens with zero attached hydrogens (tertiary/aromatic N) is 3. The summed E-state index contributed by atoms with van der Waals surface area (Å²) in [7, 11) is 1.71. The Kier molecular flexibility index (Phi) is 7.68. The maximum absolute atomic E-state index is 12.9. The number of carbonyl (C=O) groups excluding carboxylic acids is 1. The normalized spacial score (nSPS) is 11.4. The minimum absolute atomic E-state index is 0.109. The standard InChI is InChI=1S/C23H26F2N4O/c1-28(16-21-26-14-15-29(21)23(24)25)17-22(30)27-13-12-20(18-8-4-2-5-9-18)19-10-6-3-7-11-19/h2-11,14-15,20,23H,12-13,16-17H2,1H3,(H,27,30). The molecule has 2 aromatic carbocycles. The lowest BCUT2D eigenvalue weighted by Crippen LogP contribution is -2.36. The topological polar surface area (TPSA) is 50.2 Å². The first kappa shape index (κ1) is 21.6. The molecule has 0 radical (unpaired) electrons. The minimum atomic E-state index is -2.64. The summed E-state index contributed by atoms with van der Waals surface area (Å²) in [4.78, 5) is 17.9. The van der Waals surface area contributed by atoms with E-state index in [0.29, 0.717) is 6.54 Å². The van der Waals surface area contributed by atoms with Crippen LogP contribution in [0.15, 0.2) is 73.1 Å². The van der Waals surface area contributed by atoms with Crippen molar-refractivity contribution < 1.29 is 13.6 Å². The highest BCUT2D eigenvalue weighted by molar-refractivity contribution is 5.77. The van der Waals surface area contributed by atoms with E-state index in [1.54, 1.807) is 11.9 Å². The summed E-state index contributed by atoms with van der Waals surface area (Å²) in [5.74, 6) is 0.269. The number of rotatable bonds is 10. The van der Waals surface area contributed by atoms with Crippen LogP contribution in [0.4, 0.5) is 8.78 Å². The Morgan fingerprint density at radius 2 is 1.67 bits per heavy atom. The fourth-order valence-corrected chi connectivity index (χ4v) is 3.49. The molecule has 0 saturated carbocycles. The number of aromatic nitrogens is 2. The first-order valence-electron chi connectivity index (χ1n) is 9.89. The SMILES string of the molecule is CN(CC(=O)NCCC(c1ccccc1)c1ccccc1)Cc1nccn1C(F)F. The zero-order valence-corrected chi connectivity index (χ0v) is 16.9. The second kappa shape index (κ2) is 10.6. The highest BCUT2D eigenvalue weighted by Crippen LogP contribution is 2.27. The first-order valence-corrected chi connectivity index (χ1v) is 9.89. The van der Waals surface area contributed by atoms with E-state index in [1.165, 1.54) is 23.5 Å². The molecule has 0 bridgehead atoms. The molecular weight excluding hydrogens is 386 g/mol. The van der Waals surface area contributed by atoms with Crippen LogP contribution in [0, 0.1) is 0 Å². The Morgan fingerprint density at radius 3 is 2.23 bits per heavy atom. The molecule has 30 heavy (non-hydrogen) atoms. The van der Waals surface area contributed by atoms with Crippen LogP contribution in [-0.2, 0) is 11.3 Å². The zero-order chi connectivity index (χ0) is 21.3. The first-order chi connectivity index (χ1) is 14.5. The molecular formula is C23H26F2N4O. The number of hydrogen-bond acceptors (Lipinski definition) is 3. The molecule has 0 spiro atoms. The number of hydrogen-bond donors (Lipinski definition) is 1. The third kappa shape index (κ3) is 5.97. The Bertz CT molecular complexity index is 876. The maximum Gasteiger partial charge on any atom is 0.319 e. The van der Waals surface area contributed by atoms with Gasteiger partial charge in [0.25, 0.3) is 0 Å². The molecule has 0 atom stereocenters. The Morgan fingerprint density at radius 1 is 1.07 bits per heavy atom. The number of amides is 1. The van der Waals surface area contributed by atoms with Crippen LogP contribution < -0.4 is 5.32 Å². The number of imidazole rings is 1. The number of likely N-dealkylation sites (N-methyl/N-ethyl adjacent to an activating group) is 1. The average Bonchev–Trinajstić information content (AvgIpc) is 3.20. The number of nitrogens with one attached hydrogen (secondary N) is 1. The molecule has 0 aliphatic heterocycles. The fourth-order valence-electron chi connectivity index (χ4n) is 3.49. The molecule has 1 heterocycles. The van der Waals surface area contributed by atoms with E-state index in [9.17, 15) is 13.6 Å². The van der Waals surface area contributed by atoms with Gasteiger partial charge >= 0.3 is 6.55 Å². The molecule has 0 aliphatic carbocycles. The average molecular weight is 412 g/mol. The van der Waals surface area contributed by atoms with E-state index in [2.05, 4.69) is 34.6 Å². The van der Waals surface area contributed by atoms with Crippen molar-refractivity contribution in [3.05, 3.63) is 90.0 Å². The molecule has 1 N–H and O–H groups in total. The number of benzene rings is 2. The maximum atomic E-state index is 12.9. The second-order valence-electron chi connectivity index (χ2n) is 7.21. The van der Waals surface area contributed by atoms with Gasteiger partial charge in [0.1, 0.15) is 5.82 Å². The summed E-state index contributed by atoms with van der Waals surface area (Å²) >= 11 is 0. The zero-order valence-electron chi connectivity index (χ0n) is 16.9. The van der Waals surface area contributed by atoms with Crippen molar-refractivity contribution in [2.24, 2.45) is 0 Å². The Labute approximate surface area is 175 Å². The fraction of sp³-hybridized carbons (Fsp3) is 0.304. The van der Waals surface area contributed by atoms with Crippen LogP contribution in [0.5, 0.6) is 0 Å². The molecule has 0 fully saturated rings. The van der Waals surface area contributed by atoms with Gasteiger partial charge in [-0.1, -0.05) is 60.7 Å². The molecule has 0 saturated heterocycles. The highest BCUT2D eigenvalue weighted by atomic mass is 19.3. The lowest BCUT2D eigenvalue weighted by Gasteiger charge is -2.20. The Balaban J connectivity index is 1.52. The van der Waals surface area contributed by atoms with E-state index in [4.69, 9.17) is 0 Å². The second-order valence-corrected chi connectivity index (χ2v) is 7.21. The molecule has 5 nitrogen and oxygen atoms in total. The van der Waals surface area contributed by atoms with E-state index in [0.717, 1.165) is 11.0 Å². The van der Waals surface area contributed by atoms with Gasteiger partial charge in [0.05, 0.1) is 13.1 Å². The van der Waals surface area contributed by atoms with Crippen LogP contribution in [-0.4, -0.2) is 40.5 Å². The monoisotopic (exact) mass is 412 g/mol. The number of carbonyl (C=O) groups is 1. The summed E-state index contributed by atoms with van der Waals surface area (Å²) in [6.45, 7) is -1.84. The molecule has 7 heteroatoms. The third-order valence-corrected chi connectivity index (χ3v) is 4.94. The van der Waals surface area contributed by atoms with E-state index < -0.39 is 6.55 Å². The molecule has 0 aliphatic rings. The van der Waals surface area contributed by atoms with E-state index >= 15 is 0 Å². The molecule has 1 aromatic heterocycles. The molecule has 1 amide bonds. The van der Waals surface area contributed by atoms with Crippen LogP contribution in [0.1, 0.15) is 35.8 Å². The largest absolute Gasteiger partial charge is 0.355 e. The lowest BCUT2D eigenvalue weighted by atomic mass is 9.88. The van der Waals surface area contributed by atoms with Crippen LogP contribution >= 0.6 is 0 Å². The van der Waals surface area contributed by atoms with Crippen LogP contribution in [0.3, 0.4) is 0 Å². The summed E-state index contributed by atoms with van der Waals surface area (Å²) in [5, 5.41) is 2.94. The van der Waals surface area contributed by atoms with Crippen molar-refractivity contribution >= 4 is 5.91 Å². The summed E-state index contributed by atoms with van der Waals surface area (Å²) in [5.41, 5.74) is 2.41. The van der Waals surface area contributed by atoms with Gasteiger partial charge < -0.3 is 5.32 Å². The molecule has 3 aromatic rings. The van der Waals surface area contributed by atoms with Crippen molar-refractivity contribution in [2.75, 3.05) is 20.1 Å². The van der Waals surface area contributed by atoms with Gasteiger partial charge in [-0.25, -0.2) is 4.98 Å². The minimum Gasteiger partial charge on any atom is -0.355 e. The smallest absolute Gasteiger partial charge is 0.319 e. The van der Waals surface area contributed by atoms with Crippen LogP contribution in [0.2, 0.25) is 0 Å². The van der Waals surface area contributed by atoms with Gasteiger partial charge in [0, 0.05) is 24.9 Å². The Hall–Kier alpha value is -3.06. The predicted octanol–water partition coefficient (Wildman–Crippen LogP) is 4.05. The summed E-state index contributed by atoms with van der Waals surface area (Å²) in [6.07, 6.45) is 3.34. The van der Waals surface area contributed by atoms with Crippen molar-refractivity contribution in [1.82, 2.24) is 19.8 Å². The highest BCUT2D eigenvalue weighted by Gasteiger charge is 2.16. The van der Waals surface area contributed by atoms with Gasteiger partial charge in [0.2, 0.25) is 5.91 Å². The third-order valence-electron chi connectivity index (χ3n) is 4.94. The van der Waals surface area contributed by atoms with Gasteiger partial charge in [-0.15, -0.1) is 0 Å². The van der Waals surface area contributed by atoms with Crippen molar-refractivity contribution in [2.45, 2.75) is 25.4 Å². The van der Waals surface area contributed by atoms with Gasteiger partial charge in [-0.2, -0.15) is 8.78 Å². The summed E-state index contributed by atoms with van der Waals surface area (Å²) in [6, 6.07) is 20.4. The van der Waals surface area contributed by atoms with Crippen molar-refractivity contribution in [1.29, 1.82) is 0 Å². The number of halogens is 2.